The molecule has 0 aliphatic heterocycles. The predicted molar refractivity (Wildman–Crippen MR) is 88.3 cm³/mol. The van der Waals surface area contributed by atoms with Gasteiger partial charge in [-0.2, -0.15) is 9.64 Å². The van der Waals surface area contributed by atoms with Crippen molar-refractivity contribution in [3.05, 3.63) is 11.3 Å². The summed E-state index contributed by atoms with van der Waals surface area (Å²) in [6.45, 7) is 8.47. The molecule has 0 saturated heterocycles. The van der Waals surface area contributed by atoms with Gasteiger partial charge in [0.05, 0.1) is 11.8 Å². The molecule has 0 unspecified atom stereocenters. The number of hydrogen-bond donors (Lipinski definition) is 2. The van der Waals surface area contributed by atoms with E-state index in [1.54, 1.807) is 20.9 Å². The van der Waals surface area contributed by atoms with E-state index in [0.29, 0.717) is 16.3 Å². The van der Waals surface area contributed by atoms with Crippen LogP contribution in [0.15, 0.2) is 0 Å². The van der Waals surface area contributed by atoms with E-state index in [1.807, 2.05) is 13.8 Å². The van der Waals surface area contributed by atoms with Crippen LogP contribution in [0.4, 0.5) is 5.00 Å². The van der Waals surface area contributed by atoms with Crippen LogP contribution in [0.1, 0.15) is 43.7 Å². The number of rotatable bonds is 6. The summed E-state index contributed by atoms with van der Waals surface area (Å²) in [6.07, 6.45) is -1.02. The maximum atomic E-state index is 12.2. The van der Waals surface area contributed by atoms with Crippen LogP contribution < -0.4 is 10.6 Å². The van der Waals surface area contributed by atoms with Crippen molar-refractivity contribution in [3.8, 4) is 6.07 Å². The lowest BCUT2D eigenvalue weighted by molar-refractivity contribution is -0.130. The van der Waals surface area contributed by atoms with Crippen LogP contribution in [0.3, 0.4) is 0 Å². The standard InChI is InChI=1S/C15H22N4O3S/c1-8(2)15(5,7-16)18-12(20)10(4)22-14(21)11-9(3)19-23-13(11)17-6/h8,10,17H,1-6H3,(H,18,20)/t10-,15+/m1/s1. The Morgan fingerprint density at radius 1 is 1.39 bits per heavy atom. The number of ether oxygens (including phenoxy) is 1. The summed E-state index contributed by atoms with van der Waals surface area (Å²) in [7, 11) is 1.68. The monoisotopic (exact) mass is 338 g/mol. The molecule has 1 amide bonds. The Hall–Kier alpha value is -2.14. The van der Waals surface area contributed by atoms with Crippen molar-refractivity contribution in [2.24, 2.45) is 5.92 Å². The Balaban J connectivity index is 2.81. The largest absolute Gasteiger partial charge is 0.449 e. The highest BCUT2D eigenvalue weighted by Crippen LogP contribution is 2.25. The van der Waals surface area contributed by atoms with Gasteiger partial charge in [0.25, 0.3) is 5.91 Å². The summed E-state index contributed by atoms with van der Waals surface area (Å²) in [4.78, 5) is 24.4. The molecule has 2 N–H and O–H groups in total. The lowest BCUT2D eigenvalue weighted by Crippen LogP contribution is -2.52. The van der Waals surface area contributed by atoms with Crippen LogP contribution in [0, 0.1) is 24.2 Å². The number of nitrogens with zero attached hydrogens (tertiary/aromatic N) is 2. The van der Waals surface area contributed by atoms with Crippen molar-refractivity contribution in [1.82, 2.24) is 9.69 Å². The minimum Gasteiger partial charge on any atom is -0.449 e. The fraction of sp³-hybridized carbons (Fsp3) is 0.600. The fourth-order valence-corrected chi connectivity index (χ4v) is 2.45. The fourth-order valence-electron chi connectivity index (χ4n) is 1.71. The molecule has 0 radical (unpaired) electrons. The lowest BCUT2D eigenvalue weighted by Gasteiger charge is -2.28. The Morgan fingerprint density at radius 2 is 2.00 bits per heavy atom. The van der Waals surface area contributed by atoms with Crippen molar-refractivity contribution < 1.29 is 14.3 Å². The smallest absolute Gasteiger partial charge is 0.343 e. The number of carbonyl (C=O) groups is 2. The normalized spacial score (nSPS) is 14.5. The first-order valence-electron chi connectivity index (χ1n) is 7.24. The van der Waals surface area contributed by atoms with Crippen molar-refractivity contribution in [3.63, 3.8) is 0 Å². The third kappa shape index (κ3) is 4.20. The van der Waals surface area contributed by atoms with E-state index in [1.165, 1.54) is 6.92 Å². The maximum absolute atomic E-state index is 12.2. The molecule has 0 saturated carbocycles. The van der Waals surface area contributed by atoms with Crippen molar-refractivity contribution in [1.29, 1.82) is 5.26 Å². The van der Waals surface area contributed by atoms with E-state index in [2.05, 4.69) is 21.1 Å². The summed E-state index contributed by atoms with van der Waals surface area (Å²) in [5, 5.41) is 15.3. The molecule has 0 spiro atoms. The number of carbonyl (C=O) groups excluding carboxylic acids is 2. The number of aromatic nitrogens is 1. The maximum Gasteiger partial charge on any atom is 0.343 e. The van der Waals surface area contributed by atoms with Gasteiger partial charge in [-0.3, -0.25) is 4.79 Å². The first kappa shape index (κ1) is 18.9. The van der Waals surface area contributed by atoms with E-state index < -0.39 is 23.5 Å². The van der Waals surface area contributed by atoms with Crippen LogP contribution in [0.2, 0.25) is 0 Å². The Labute approximate surface area is 140 Å². The number of esters is 1. The van der Waals surface area contributed by atoms with E-state index >= 15 is 0 Å². The van der Waals surface area contributed by atoms with Gasteiger partial charge in [0.2, 0.25) is 0 Å². The van der Waals surface area contributed by atoms with Gasteiger partial charge in [-0.05, 0) is 38.2 Å². The van der Waals surface area contributed by atoms with Gasteiger partial charge in [-0.15, -0.1) is 0 Å². The third-order valence-corrected chi connectivity index (χ3v) is 4.67. The zero-order valence-corrected chi connectivity index (χ0v) is 15.0. The SMILES string of the molecule is CNc1snc(C)c1C(=O)O[C@H](C)C(=O)N[C@@](C)(C#N)C(C)C. The van der Waals surface area contributed by atoms with Crippen LogP contribution in [0.5, 0.6) is 0 Å². The van der Waals surface area contributed by atoms with Gasteiger partial charge < -0.3 is 15.4 Å². The molecule has 1 rings (SSSR count). The molecule has 8 heteroatoms. The van der Waals surface area contributed by atoms with E-state index in [-0.39, 0.29) is 5.92 Å². The summed E-state index contributed by atoms with van der Waals surface area (Å²) < 4.78 is 9.31. The zero-order valence-electron chi connectivity index (χ0n) is 14.2. The van der Waals surface area contributed by atoms with Crippen LogP contribution in [0.25, 0.3) is 0 Å². The molecule has 0 fully saturated rings. The molecule has 0 aromatic carbocycles. The molecule has 7 nitrogen and oxygen atoms in total. The number of nitriles is 1. The summed E-state index contributed by atoms with van der Waals surface area (Å²) >= 11 is 1.15. The molecule has 1 aromatic rings. The molecular formula is C15H22N4O3S. The van der Waals surface area contributed by atoms with Crippen molar-refractivity contribution >= 4 is 28.4 Å². The highest BCUT2D eigenvalue weighted by atomic mass is 32.1. The first-order chi connectivity index (χ1) is 10.7. The summed E-state index contributed by atoms with van der Waals surface area (Å²) in [6, 6.07) is 2.08. The second-order valence-electron chi connectivity index (χ2n) is 5.73. The molecule has 1 heterocycles. The van der Waals surface area contributed by atoms with Gasteiger partial charge in [0.1, 0.15) is 16.1 Å². The Kier molecular flexibility index (Phi) is 6.10. The van der Waals surface area contributed by atoms with Crippen LogP contribution in [-0.2, 0) is 9.53 Å². The minimum absolute atomic E-state index is 0.0847. The second-order valence-corrected chi connectivity index (χ2v) is 6.50. The highest BCUT2D eigenvalue weighted by Gasteiger charge is 2.33. The number of anilines is 1. The third-order valence-electron chi connectivity index (χ3n) is 3.72. The van der Waals surface area contributed by atoms with Crippen LogP contribution in [-0.4, -0.2) is 34.9 Å². The molecular weight excluding hydrogens is 316 g/mol. The minimum atomic E-state index is -1.02. The van der Waals surface area contributed by atoms with Gasteiger partial charge in [-0.1, -0.05) is 13.8 Å². The lowest BCUT2D eigenvalue weighted by atomic mass is 9.90. The number of nitrogens with one attached hydrogen (secondary N) is 2. The molecule has 0 aliphatic rings. The molecule has 23 heavy (non-hydrogen) atoms. The molecule has 126 valence electrons. The average molecular weight is 338 g/mol. The number of amides is 1. The van der Waals surface area contributed by atoms with E-state index in [9.17, 15) is 14.9 Å². The Morgan fingerprint density at radius 3 is 2.48 bits per heavy atom. The zero-order chi connectivity index (χ0) is 17.8. The summed E-state index contributed by atoms with van der Waals surface area (Å²) in [5.74, 6) is -1.21. The quantitative estimate of drug-likeness (QED) is 0.770. The van der Waals surface area contributed by atoms with Gasteiger partial charge >= 0.3 is 5.97 Å². The Bertz CT molecular complexity index is 635. The van der Waals surface area contributed by atoms with Gasteiger partial charge in [-0.25, -0.2) is 4.79 Å². The number of hydrogen-bond acceptors (Lipinski definition) is 7. The predicted octanol–water partition coefficient (Wildman–Crippen LogP) is 2.09. The van der Waals surface area contributed by atoms with Crippen LogP contribution >= 0.6 is 11.5 Å². The topological polar surface area (TPSA) is 104 Å². The molecule has 0 bridgehead atoms. The molecule has 2 atom stereocenters. The molecule has 0 aliphatic carbocycles. The number of aryl methyl sites for hydroxylation is 1. The summed E-state index contributed by atoms with van der Waals surface area (Å²) in [5.41, 5.74) is -0.154. The average Bonchev–Trinajstić information content (AvgIpc) is 2.87. The highest BCUT2D eigenvalue weighted by molar-refractivity contribution is 7.10. The van der Waals surface area contributed by atoms with Crippen molar-refractivity contribution in [2.75, 3.05) is 12.4 Å². The van der Waals surface area contributed by atoms with E-state index in [4.69, 9.17) is 4.74 Å². The van der Waals surface area contributed by atoms with Gasteiger partial charge in [0.15, 0.2) is 6.10 Å². The van der Waals surface area contributed by atoms with Crippen molar-refractivity contribution in [2.45, 2.75) is 46.3 Å². The first-order valence-corrected chi connectivity index (χ1v) is 8.01. The van der Waals surface area contributed by atoms with Gasteiger partial charge in [0, 0.05) is 7.05 Å². The second kappa shape index (κ2) is 7.42. The van der Waals surface area contributed by atoms with E-state index in [0.717, 1.165) is 11.5 Å². The molecule has 1 aromatic heterocycles.